The van der Waals surface area contributed by atoms with Crippen LogP contribution < -0.4 is 10.1 Å². The molecule has 6 nitrogen and oxygen atoms in total. The van der Waals surface area contributed by atoms with Crippen LogP contribution in [0.25, 0.3) is 0 Å². The van der Waals surface area contributed by atoms with E-state index in [-0.39, 0.29) is 12.5 Å². The summed E-state index contributed by atoms with van der Waals surface area (Å²) >= 11 is 1.30. The summed E-state index contributed by atoms with van der Waals surface area (Å²) in [7, 11) is 0. The number of aromatic amines is 1. The van der Waals surface area contributed by atoms with E-state index in [9.17, 15) is 4.79 Å². The Morgan fingerprint density at radius 3 is 2.55 bits per heavy atom. The summed E-state index contributed by atoms with van der Waals surface area (Å²) < 4.78 is 5.85. The summed E-state index contributed by atoms with van der Waals surface area (Å²) in [5, 5.41) is 10.3. The van der Waals surface area contributed by atoms with Gasteiger partial charge in [-0.15, -0.1) is 5.10 Å². The number of para-hydroxylation sites is 1. The van der Waals surface area contributed by atoms with Crippen molar-refractivity contribution in [1.82, 2.24) is 15.2 Å². The molecule has 1 amide bonds. The third-order valence-electron chi connectivity index (χ3n) is 5.18. The fourth-order valence-corrected chi connectivity index (χ4v) is 4.27. The number of rotatable bonds is 8. The first-order valence-electron chi connectivity index (χ1n) is 10.7. The topological polar surface area (TPSA) is 79.9 Å². The maximum atomic E-state index is 13.3. The van der Waals surface area contributed by atoms with Gasteiger partial charge in [-0.2, -0.15) is 0 Å². The number of carbonyl (C=O) groups is 1. The molecule has 1 unspecified atom stereocenters. The van der Waals surface area contributed by atoms with Gasteiger partial charge in [0, 0.05) is 5.69 Å². The Balaban J connectivity index is 1.50. The number of hydrogen-bond acceptors (Lipinski definition) is 5. The maximum absolute atomic E-state index is 13.3. The molecule has 0 spiro atoms. The zero-order valence-electron chi connectivity index (χ0n) is 18.8. The first-order valence-corrected chi connectivity index (χ1v) is 11.6. The number of ether oxygens (including phenoxy) is 1. The standard InChI is InChI=1S/C26H26N4O2S/c1-17-13-14-18(2)21(15-17)27-25(31)24(20-10-5-4-6-11-20)33-26-28-23(29-30-26)16-32-22-12-8-7-9-19(22)3/h4-15,24H,16H2,1-3H3,(H,27,31)(H,28,29,30). The minimum atomic E-state index is -0.507. The van der Waals surface area contributed by atoms with E-state index < -0.39 is 5.25 Å². The summed E-state index contributed by atoms with van der Waals surface area (Å²) in [5.74, 6) is 1.28. The molecule has 33 heavy (non-hydrogen) atoms. The molecule has 1 heterocycles. The highest BCUT2D eigenvalue weighted by molar-refractivity contribution is 8.00. The number of hydrogen-bond donors (Lipinski definition) is 2. The maximum Gasteiger partial charge on any atom is 0.242 e. The molecule has 168 valence electrons. The van der Waals surface area contributed by atoms with Crippen LogP contribution >= 0.6 is 11.8 Å². The Hall–Kier alpha value is -3.58. The fraction of sp³-hybridized carbons (Fsp3) is 0.192. The molecule has 0 saturated carbocycles. The summed E-state index contributed by atoms with van der Waals surface area (Å²) in [6.45, 7) is 6.25. The van der Waals surface area contributed by atoms with Crippen molar-refractivity contribution in [3.8, 4) is 5.75 Å². The van der Waals surface area contributed by atoms with E-state index in [0.29, 0.717) is 11.0 Å². The van der Waals surface area contributed by atoms with Gasteiger partial charge in [-0.05, 0) is 55.2 Å². The van der Waals surface area contributed by atoms with Gasteiger partial charge in [0.1, 0.15) is 17.6 Å². The SMILES string of the molecule is Cc1ccc(C)c(NC(=O)C(Sc2n[nH]c(COc3ccccc3C)n2)c2ccccc2)c1. The third-order valence-corrected chi connectivity index (χ3v) is 6.30. The van der Waals surface area contributed by atoms with Gasteiger partial charge in [-0.25, -0.2) is 4.98 Å². The molecule has 0 aliphatic carbocycles. The highest BCUT2D eigenvalue weighted by Crippen LogP contribution is 2.35. The van der Waals surface area contributed by atoms with Crippen molar-refractivity contribution in [2.75, 3.05) is 5.32 Å². The number of aryl methyl sites for hydroxylation is 3. The van der Waals surface area contributed by atoms with E-state index in [2.05, 4.69) is 20.5 Å². The summed E-state index contributed by atoms with van der Waals surface area (Å²) in [5.41, 5.74) is 4.85. The van der Waals surface area contributed by atoms with Crippen molar-refractivity contribution in [3.63, 3.8) is 0 Å². The number of H-pyrrole nitrogens is 1. The van der Waals surface area contributed by atoms with Crippen molar-refractivity contribution < 1.29 is 9.53 Å². The molecule has 2 N–H and O–H groups in total. The zero-order valence-corrected chi connectivity index (χ0v) is 19.6. The Kier molecular flexibility index (Phi) is 7.10. The molecule has 0 fully saturated rings. The Morgan fingerprint density at radius 2 is 1.76 bits per heavy atom. The number of anilines is 1. The van der Waals surface area contributed by atoms with Crippen molar-refractivity contribution in [3.05, 3.63) is 101 Å². The molecular weight excluding hydrogens is 432 g/mol. The molecule has 0 aliphatic rings. The van der Waals surface area contributed by atoms with Crippen LogP contribution in [0.3, 0.4) is 0 Å². The van der Waals surface area contributed by atoms with E-state index >= 15 is 0 Å². The molecule has 4 rings (SSSR count). The van der Waals surface area contributed by atoms with Crippen molar-refractivity contribution in [1.29, 1.82) is 0 Å². The molecule has 3 aromatic carbocycles. The van der Waals surface area contributed by atoms with Crippen LogP contribution in [0.15, 0.2) is 78.0 Å². The predicted molar refractivity (Wildman–Crippen MR) is 131 cm³/mol. The minimum absolute atomic E-state index is 0.123. The third kappa shape index (κ3) is 5.81. The molecule has 1 atom stereocenters. The lowest BCUT2D eigenvalue weighted by Gasteiger charge is -2.17. The van der Waals surface area contributed by atoms with Gasteiger partial charge in [-0.1, -0.05) is 72.4 Å². The van der Waals surface area contributed by atoms with E-state index in [1.165, 1.54) is 11.8 Å². The number of benzene rings is 3. The van der Waals surface area contributed by atoms with Crippen molar-refractivity contribution in [2.24, 2.45) is 0 Å². The molecule has 1 aromatic heterocycles. The molecule has 7 heteroatoms. The largest absolute Gasteiger partial charge is 0.485 e. The average Bonchev–Trinajstić information content (AvgIpc) is 3.27. The smallest absolute Gasteiger partial charge is 0.242 e. The van der Waals surface area contributed by atoms with Crippen molar-refractivity contribution in [2.45, 2.75) is 37.8 Å². The highest BCUT2D eigenvalue weighted by atomic mass is 32.2. The molecule has 0 saturated heterocycles. The van der Waals surface area contributed by atoms with E-state index in [1.54, 1.807) is 0 Å². The second-order valence-corrected chi connectivity index (χ2v) is 8.91. The molecular formula is C26H26N4O2S. The van der Waals surface area contributed by atoms with Gasteiger partial charge in [-0.3, -0.25) is 9.89 Å². The van der Waals surface area contributed by atoms with Gasteiger partial charge >= 0.3 is 0 Å². The van der Waals surface area contributed by atoms with E-state index in [1.807, 2.05) is 93.6 Å². The number of amides is 1. The monoisotopic (exact) mass is 458 g/mol. The van der Waals surface area contributed by atoms with Gasteiger partial charge < -0.3 is 10.1 Å². The highest BCUT2D eigenvalue weighted by Gasteiger charge is 2.24. The van der Waals surface area contributed by atoms with E-state index in [0.717, 1.165) is 33.7 Å². The van der Waals surface area contributed by atoms with Gasteiger partial charge in [0.15, 0.2) is 5.82 Å². The summed E-state index contributed by atoms with van der Waals surface area (Å²) in [6.07, 6.45) is 0. The average molecular weight is 459 g/mol. The summed E-state index contributed by atoms with van der Waals surface area (Å²) in [6, 6.07) is 23.5. The van der Waals surface area contributed by atoms with Crippen LogP contribution in [0.1, 0.15) is 33.3 Å². The lowest BCUT2D eigenvalue weighted by Crippen LogP contribution is -2.19. The predicted octanol–water partition coefficient (Wildman–Crippen LogP) is 5.78. The second-order valence-electron chi connectivity index (χ2n) is 7.84. The fourth-order valence-electron chi connectivity index (χ4n) is 3.33. The lowest BCUT2D eigenvalue weighted by molar-refractivity contribution is -0.115. The van der Waals surface area contributed by atoms with Crippen LogP contribution in [0.5, 0.6) is 5.75 Å². The Bertz CT molecular complexity index is 1240. The Morgan fingerprint density at radius 1 is 1.00 bits per heavy atom. The van der Waals surface area contributed by atoms with Gasteiger partial charge in [0.25, 0.3) is 0 Å². The summed E-state index contributed by atoms with van der Waals surface area (Å²) in [4.78, 5) is 17.8. The molecule has 0 radical (unpaired) electrons. The molecule has 0 bridgehead atoms. The number of nitrogens with zero attached hydrogens (tertiary/aromatic N) is 2. The molecule has 4 aromatic rings. The van der Waals surface area contributed by atoms with Crippen LogP contribution in [0, 0.1) is 20.8 Å². The van der Waals surface area contributed by atoms with Crippen LogP contribution in [-0.4, -0.2) is 21.1 Å². The number of nitrogens with one attached hydrogen (secondary N) is 2. The quantitative estimate of drug-likeness (QED) is 0.327. The number of aromatic nitrogens is 3. The minimum Gasteiger partial charge on any atom is -0.485 e. The van der Waals surface area contributed by atoms with E-state index in [4.69, 9.17) is 4.74 Å². The second kappa shape index (κ2) is 10.4. The number of carbonyl (C=O) groups excluding carboxylic acids is 1. The van der Waals surface area contributed by atoms with Crippen molar-refractivity contribution >= 4 is 23.4 Å². The zero-order chi connectivity index (χ0) is 23.2. The van der Waals surface area contributed by atoms with Gasteiger partial charge in [0.2, 0.25) is 11.1 Å². The lowest BCUT2D eigenvalue weighted by atomic mass is 10.1. The van der Waals surface area contributed by atoms with Crippen LogP contribution in [0.4, 0.5) is 5.69 Å². The van der Waals surface area contributed by atoms with Crippen LogP contribution in [0.2, 0.25) is 0 Å². The Labute approximate surface area is 197 Å². The molecule has 0 aliphatic heterocycles. The normalized spacial score (nSPS) is 11.7. The number of thioether (sulfide) groups is 1. The first-order chi connectivity index (χ1) is 16.0. The first kappa shape index (κ1) is 22.6. The van der Waals surface area contributed by atoms with Crippen LogP contribution in [-0.2, 0) is 11.4 Å². The van der Waals surface area contributed by atoms with Gasteiger partial charge in [0.05, 0.1) is 0 Å².